The number of hydrogen-bond donors (Lipinski definition) is 1. The average molecular weight is 420 g/mol. The van der Waals surface area contributed by atoms with E-state index in [0.29, 0.717) is 42.5 Å². The van der Waals surface area contributed by atoms with Gasteiger partial charge in [0, 0.05) is 32.7 Å². The van der Waals surface area contributed by atoms with E-state index in [-0.39, 0.29) is 18.4 Å². The smallest absolute Gasteiger partial charge is 0.282 e. The second kappa shape index (κ2) is 9.04. The highest BCUT2D eigenvalue weighted by atomic mass is 16.3. The van der Waals surface area contributed by atoms with Crippen LogP contribution < -0.4 is 4.90 Å². The predicted molar refractivity (Wildman–Crippen MR) is 121 cm³/mol. The second-order valence-corrected chi connectivity index (χ2v) is 8.33. The van der Waals surface area contributed by atoms with Crippen LogP contribution in [0.4, 0.5) is 5.69 Å². The largest absolute Gasteiger partial charge is 0.395 e. The number of amides is 2. The van der Waals surface area contributed by atoms with Crippen LogP contribution in [-0.4, -0.2) is 66.1 Å². The van der Waals surface area contributed by atoms with E-state index in [9.17, 15) is 14.7 Å². The summed E-state index contributed by atoms with van der Waals surface area (Å²) in [5.74, 6) is -0.166. The molecule has 0 atom stereocenters. The fourth-order valence-electron chi connectivity index (χ4n) is 4.26. The molecule has 4 rings (SSSR count). The quantitative estimate of drug-likeness (QED) is 0.730. The molecule has 2 aromatic rings. The Morgan fingerprint density at radius 3 is 2.10 bits per heavy atom. The molecule has 6 heteroatoms. The Kier molecular flexibility index (Phi) is 6.20. The van der Waals surface area contributed by atoms with Crippen LogP contribution in [0.15, 0.2) is 60.3 Å². The number of benzene rings is 2. The molecule has 2 aliphatic rings. The minimum atomic E-state index is -0.277. The topological polar surface area (TPSA) is 64.1 Å². The molecule has 1 N–H and O–H groups in total. The lowest BCUT2D eigenvalue weighted by Crippen LogP contribution is -2.48. The number of hydrogen-bond acceptors (Lipinski definition) is 5. The number of β-amino-alcohol motifs (C(OH)–C–C–N with tert-alkyl or cyclic N) is 1. The van der Waals surface area contributed by atoms with Gasteiger partial charge in [0.1, 0.15) is 5.70 Å². The third-order valence-corrected chi connectivity index (χ3v) is 6.04. The highest BCUT2D eigenvalue weighted by Crippen LogP contribution is 2.35. The summed E-state index contributed by atoms with van der Waals surface area (Å²) in [6.07, 6.45) is 0. The third kappa shape index (κ3) is 4.13. The van der Waals surface area contributed by atoms with Crippen molar-refractivity contribution in [3.05, 3.63) is 71.4 Å². The van der Waals surface area contributed by atoms with Crippen molar-refractivity contribution in [3.8, 4) is 0 Å². The molecule has 0 unspecified atom stereocenters. The maximum Gasteiger partial charge on any atom is 0.282 e. The lowest BCUT2D eigenvalue weighted by Gasteiger charge is -2.36. The van der Waals surface area contributed by atoms with Gasteiger partial charge >= 0.3 is 0 Å². The van der Waals surface area contributed by atoms with Gasteiger partial charge in [-0.05, 0) is 29.2 Å². The third-order valence-electron chi connectivity index (χ3n) is 6.04. The molecule has 0 aromatic heterocycles. The van der Waals surface area contributed by atoms with Crippen LogP contribution in [0.25, 0.3) is 5.57 Å². The van der Waals surface area contributed by atoms with E-state index in [4.69, 9.17) is 0 Å². The summed E-state index contributed by atoms with van der Waals surface area (Å²) in [6.45, 7) is 7.76. The molecule has 2 aromatic carbocycles. The summed E-state index contributed by atoms with van der Waals surface area (Å²) in [6, 6.07) is 17.1. The fraction of sp³-hybridized carbons (Fsp3) is 0.360. The predicted octanol–water partition coefficient (Wildman–Crippen LogP) is 2.70. The number of nitrogens with zero attached hydrogens (tertiary/aromatic N) is 3. The van der Waals surface area contributed by atoms with Crippen molar-refractivity contribution in [2.45, 2.75) is 19.8 Å². The van der Waals surface area contributed by atoms with Gasteiger partial charge in [-0.2, -0.15) is 0 Å². The number of carbonyl (C=O) groups is 2. The average Bonchev–Trinajstić information content (AvgIpc) is 3.05. The van der Waals surface area contributed by atoms with Crippen LogP contribution in [0.2, 0.25) is 0 Å². The maximum absolute atomic E-state index is 13.6. The van der Waals surface area contributed by atoms with Gasteiger partial charge in [-0.25, -0.2) is 4.90 Å². The van der Waals surface area contributed by atoms with Gasteiger partial charge in [0.25, 0.3) is 11.8 Å². The molecule has 1 saturated heterocycles. The Balaban J connectivity index is 1.69. The molecule has 2 aliphatic heterocycles. The number of rotatable bonds is 6. The minimum Gasteiger partial charge on any atom is -0.395 e. The zero-order valence-electron chi connectivity index (χ0n) is 18.1. The van der Waals surface area contributed by atoms with Gasteiger partial charge in [-0.3, -0.25) is 14.5 Å². The van der Waals surface area contributed by atoms with Crippen molar-refractivity contribution in [2.24, 2.45) is 0 Å². The summed E-state index contributed by atoms with van der Waals surface area (Å²) in [5.41, 5.74) is 3.47. The lowest BCUT2D eigenvalue weighted by atomic mass is 10.0. The van der Waals surface area contributed by atoms with E-state index >= 15 is 0 Å². The number of anilines is 1. The Labute approximate surface area is 183 Å². The fourth-order valence-corrected chi connectivity index (χ4v) is 4.26. The van der Waals surface area contributed by atoms with Crippen LogP contribution in [0, 0.1) is 0 Å². The first-order chi connectivity index (χ1) is 15.0. The van der Waals surface area contributed by atoms with Crippen molar-refractivity contribution < 1.29 is 14.7 Å². The van der Waals surface area contributed by atoms with Crippen LogP contribution >= 0.6 is 0 Å². The summed E-state index contributed by atoms with van der Waals surface area (Å²) < 4.78 is 0. The summed E-state index contributed by atoms with van der Waals surface area (Å²) in [5, 5.41) is 9.21. The molecule has 1 fully saturated rings. The van der Waals surface area contributed by atoms with Crippen LogP contribution in [0.5, 0.6) is 0 Å². The Bertz CT molecular complexity index is 975. The maximum atomic E-state index is 13.6. The molecule has 2 amide bonds. The monoisotopic (exact) mass is 419 g/mol. The molecular weight excluding hydrogens is 390 g/mol. The second-order valence-electron chi connectivity index (χ2n) is 8.33. The van der Waals surface area contributed by atoms with E-state index in [2.05, 4.69) is 18.7 Å². The van der Waals surface area contributed by atoms with Crippen molar-refractivity contribution in [1.29, 1.82) is 0 Å². The standard InChI is InChI=1S/C25H29N3O3/c1-18(2)19-8-10-21(11-9-19)28-24(30)22(20-6-4-3-5-7-20)23(25(28)31)27-14-12-26(13-15-27)16-17-29/h3-11,18,29H,12-17H2,1-2H3. The van der Waals surface area contributed by atoms with Gasteiger partial charge in [-0.15, -0.1) is 0 Å². The lowest BCUT2D eigenvalue weighted by molar-refractivity contribution is -0.120. The summed E-state index contributed by atoms with van der Waals surface area (Å²) in [7, 11) is 0. The summed E-state index contributed by atoms with van der Waals surface area (Å²) in [4.78, 5) is 32.6. The number of aliphatic hydroxyl groups excluding tert-OH is 1. The van der Waals surface area contributed by atoms with Crippen molar-refractivity contribution >= 4 is 23.1 Å². The Hall–Kier alpha value is -2.96. The molecule has 0 bridgehead atoms. The van der Waals surface area contributed by atoms with E-state index in [0.717, 1.165) is 18.7 Å². The number of piperazine rings is 1. The van der Waals surface area contributed by atoms with E-state index in [1.54, 1.807) is 0 Å². The number of imide groups is 1. The van der Waals surface area contributed by atoms with Gasteiger partial charge in [0.15, 0.2) is 0 Å². The highest BCUT2D eigenvalue weighted by molar-refractivity contribution is 6.45. The molecule has 2 heterocycles. The highest BCUT2D eigenvalue weighted by Gasteiger charge is 2.42. The molecule has 31 heavy (non-hydrogen) atoms. The van der Waals surface area contributed by atoms with Crippen LogP contribution in [0.3, 0.4) is 0 Å². The Morgan fingerprint density at radius 2 is 1.52 bits per heavy atom. The van der Waals surface area contributed by atoms with Gasteiger partial charge < -0.3 is 10.0 Å². The molecule has 0 spiro atoms. The molecule has 0 aliphatic carbocycles. The number of carbonyl (C=O) groups excluding carboxylic acids is 2. The van der Waals surface area contributed by atoms with E-state index < -0.39 is 0 Å². The molecule has 162 valence electrons. The van der Waals surface area contributed by atoms with Crippen molar-refractivity contribution in [1.82, 2.24) is 9.80 Å². The summed E-state index contributed by atoms with van der Waals surface area (Å²) >= 11 is 0. The van der Waals surface area contributed by atoms with Gasteiger partial charge in [0.2, 0.25) is 0 Å². The van der Waals surface area contributed by atoms with Crippen molar-refractivity contribution in [3.63, 3.8) is 0 Å². The normalized spacial score (nSPS) is 17.9. The van der Waals surface area contributed by atoms with Crippen molar-refractivity contribution in [2.75, 3.05) is 44.2 Å². The first-order valence-electron chi connectivity index (χ1n) is 10.9. The van der Waals surface area contributed by atoms with E-state index in [1.807, 2.05) is 59.5 Å². The zero-order valence-corrected chi connectivity index (χ0v) is 18.1. The number of aliphatic hydroxyl groups is 1. The van der Waals surface area contributed by atoms with Crippen LogP contribution in [-0.2, 0) is 9.59 Å². The zero-order chi connectivity index (χ0) is 22.0. The molecule has 0 saturated carbocycles. The Morgan fingerprint density at radius 1 is 0.871 bits per heavy atom. The van der Waals surface area contributed by atoms with Gasteiger partial charge in [-0.1, -0.05) is 56.3 Å². The minimum absolute atomic E-state index is 0.121. The molecule has 0 radical (unpaired) electrons. The molecule has 6 nitrogen and oxygen atoms in total. The first-order valence-corrected chi connectivity index (χ1v) is 10.9. The van der Waals surface area contributed by atoms with Gasteiger partial charge in [0.05, 0.1) is 17.9 Å². The van der Waals surface area contributed by atoms with Crippen LogP contribution in [0.1, 0.15) is 30.9 Å². The first kappa shape index (κ1) is 21.3. The SMILES string of the molecule is CC(C)c1ccc(N2C(=O)C(c3ccccc3)=C(N3CCN(CCO)CC3)C2=O)cc1. The molecular formula is C25H29N3O3. The van der Waals surface area contributed by atoms with E-state index in [1.165, 1.54) is 10.5 Å².